The zero-order valence-corrected chi connectivity index (χ0v) is 12.7. The summed E-state index contributed by atoms with van der Waals surface area (Å²) in [7, 11) is 3.08. The van der Waals surface area contributed by atoms with Crippen LogP contribution in [0.1, 0.15) is 15.9 Å². The predicted molar refractivity (Wildman–Crippen MR) is 79.7 cm³/mol. The number of amides is 1. The summed E-state index contributed by atoms with van der Waals surface area (Å²) < 4.78 is 33.6. The second-order valence-electron chi connectivity index (χ2n) is 4.74. The van der Waals surface area contributed by atoms with Crippen LogP contribution in [-0.4, -0.2) is 36.6 Å². The maximum Gasteiger partial charge on any atom is 0.387 e. The first-order valence-electron chi connectivity index (χ1n) is 6.79. The van der Waals surface area contributed by atoms with E-state index in [-0.39, 0.29) is 17.5 Å². The van der Waals surface area contributed by atoms with Gasteiger partial charge in [-0.25, -0.2) is 4.98 Å². The molecule has 0 spiro atoms. The average molecular weight is 322 g/mol. The summed E-state index contributed by atoms with van der Waals surface area (Å²) in [4.78, 5) is 17.9. The standard InChI is InChI=1S/C16H16F2N2O3/c1-20(15(21)13-4-3-9-19-14(13)22-2)10-11-5-7-12(8-6-11)23-16(17)18/h3-9,16H,10H2,1-2H3. The lowest BCUT2D eigenvalue weighted by molar-refractivity contribution is -0.0498. The average Bonchev–Trinajstić information content (AvgIpc) is 2.55. The second-order valence-corrected chi connectivity index (χ2v) is 4.74. The number of benzene rings is 1. The number of alkyl halides is 2. The number of carbonyl (C=O) groups is 1. The van der Waals surface area contributed by atoms with Gasteiger partial charge in [0, 0.05) is 19.8 Å². The van der Waals surface area contributed by atoms with Crippen molar-refractivity contribution in [1.29, 1.82) is 0 Å². The molecule has 2 rings (SSSR count). The van der Waals surface area contributed by atoms with Gasteiger partial charge in [0.15, 0.2) is 0 Å². The number of hydrogen-bond donors (Lipinski definition) is 0. The fourth-order valence-electron chi connectivity index (χ4n) is 2.04. The van der Waals surface area contributed by atoms with E-state index in [0.717, 1.165) is 5.56 Å². The highest BCUT2D eigenvalue weighted by Gasteiger charge is 2.17. The molecule has 2 aromatic rings. The molecule has 0 fully saturated rings. The first kappa shape index (κ1) is 16.7. The quantitative estimate of drug-likeness (QED) is 0.820. The lowest BCUT2D eigenvalue weighted by atomic mass is 10.2. The highest BCUT2D eigenvalue weighted by Crippen LogP contribution is 2.19. The molecule has 0 bridgehead atoms. The van der Waals surface area contributed by atoms with Crippen LogP contribution < -0.4 is 9.47 Å². The summed E-state index contributed by atoms with van der Waals surface area (Å²) in [6.45, 7) is -2.55. The van der Waals surface area contributed by atoms with Crippen LogP contribution in [0.2, 0.25) is 0 Å². The molecule has 0 radical (unpaired) electrons. The van der Waals surface area contributed by atoms with Crippen molar-refractivity contribution in [2.75, 3.05) is 14.2 Å². The van der Waals surface area contributed by atoms with E-state index in [4.69, 9.17) is 4.74 Å². The molecule has 1 aromatic carbocycles. The van der Waals surface area contributed by atoms with Gasteiger partial charge in [-0.15, -0.1) is 0 Å². The number of pyridine rings is 1. The monoisotopic (exact) mass is 322 g/mol. The molecule has 0 atom stereocenters. The Bertz CT molecular complexity index is 663. The van der Waals surface area contributed by atoms with Crippen LogP contribution in [0.5, 0.6) is 11.6 Å². The maximum absolute atomic E-state index is 12.4. The van der Waals surface area contributed by atoms with Crippen LogP contribution in [0.3, 0.4) is 0 Å². The Kier molecular flexibility index (Phi) is 5.46. The molecule has 7 heteroatoms. The van der Waals surface area contributed by atoms with Crippen LogP contribution in [0.4, 0.5) is 8.78 Å². The van der Waals surface area contributed by atoms with Gasteiger partial charge in [-0.1, -0.05) is 12.1 Å². The van der Waals surface area contributed by atoms with Crippen molar-refractivity contribution in [2.45, 2.75) is 13.2 Å². The van der Waals surface area contributed by atoms with Gasteiger partial charge in [0.1, 0.15) is 11.3 Å². The minimum Gasteiger partial charge on any atom is -0.480 e. The van der Waals surface area contributed by atoms with E-state index < -0.39 is 6.61 Å². The van der Waals surface area contributed by atoms with Crippen molar-refractivity contribution >= 4 is 5.91 Å². The largest absolute Gasteiger partial charge is 0.480 e. The summed E-state index contributed by atoms with van der Waals surface area (Å²) in [6.07, 6.45) is 1.54. The zero-order chi connectivity index (χ0) is 16.8. The van der Waals surface area contributed by atoms with E-state index >= 15 is 0 Å². The predicted octanol–water partition coefficient (Wildman–Crippen LogP) is 2.96. The van der Waals surface area contributed by atoms with Crippen LogP contribution in [0, 0.1) is 0 Å². The van der Waals surface area contributed by atoms with Gasteiger partial charge in [0.05, 0.1) is 7.11 Å². The van der Waals surface area contributed by atoms with Crippen molar-refractivity contribution < 1.29 is 23.0 Å². The number of nitrogens with zero attached hydrogens (tertiary/aromatic N) is 2. The lowest BCUT2D eigenvalue weighted by Crippen LogP contribution is -2.26. The molecule has 5 nitrogen and oxygen atoms in total. The van der Waals surface area contributed by atoms with Crippen molar-refractivity contribution in [1.82, 2.24) is 9.88 Å². The van der Waals surface area contributed by atoms with Crippen LogP contribution >= 0.6 is 0 Å². The van der Waals surface area contributed by atoms with Gasteiger partial charge >= 0.3 is 6.61 Å². The molecule has 0 N–H and O–H groups in total. The van der Waals surface area contributed by atoms with E-state index in [1.165, 1.54) is 30.3 Å². The molecule has 0 unspecified atom stereocenters. The number of hydrogen-bond acceptors (Lipinski definition) is 4. The zero-order valence-electron chi connectivity index (χ0n) is 12.7. The van der Waals surface area contributed by atoms with Gasteiger partial charge in [0.2, 0.25) is 5.88 Å². The van der Waals surface area contributed by atoms with Crippen molar-refractivity contribution in [3.8, 4) is 11.6 Å². The molecular formula is C16H16F2N2O3. The molecule has 0 saturated heterocycles. The Morgan fingerprint density at radius 2 is 1.96 bits per heavy atom. The SMILES string of the molecule is COc1ncccc1C(=O)N(C)Cc1ccc(OC(F)F)cc1. The van der Waals surface area contributed by atoms with Gasteiger partial charge in [-0.05, 0) is 29.8 Å². The fraction of sp³-hybridized carbons (Fsp3) is 0.250. The molecule has 122 valence electrons. The Labute approximate surface area is 132 Å². The van der Waals surface area contributed by atoms with Crippen LogP contribution in [0.25, 0.3) is 0 Å². The van der Waals surface area contributed by atoms with E-state index in [0.29, 0.717) is 12.1 Å². The van der Waals surface area contributed by atoms with E-state index in [2.05, 4.69) is 9.72 Å². The molecule has 0 saturated carbocycles. The number of aromatic nitrogens is 1. The van der Waals surface area contributed by atoms with Crippen molar-refractivity contribution in [3.63, 3.8) is 0 Å². The van der Waals surface area contributed by atoms with Crippen LogP contribution in [-0.2, 0) is 6.54 Å². The van der Waals surface area contributed by atoms with Gasteiger partial charge in [-0.2, -0.15) is 8.78 Å². The van der Waals surface area contributed by atoms with E-state index in [1.54, 1.807) is 31.3 Å². The molecule has 1 amide bonds. The van der Waals surface area contributed by atoms with Gasteiger partial charge < -0.3 is 14.4 Å². The number of halogens is 2. The smallest absolute Gasteiger partial charge is 0.387 e. The Morgan fingerprint density at radius 3 is 2.57 bits per heavy atom. The first-order valence-corrected chi connectivity index (χ1v) is 6.79. The summed E-state index contributed by atoms with van der Waals surface area (Å²) in [6, 6.07) is 9.41. The fourth-order valence-corrected chi connectivity index (χ4v) is 2.04. The Hall–Kier alpha value is -2.70. The number of rotatable bonds is 6. The molecule has 1 aromatic heterocycles. The molecule has 0 aliphatic rings. The number of carbonyl (C=O) groups excluding carboxylic acids is 1. The number of ether oxygens (including phenoxy) is 2. The normalized spacial score (nSPS) is 10.5. The third kappa shape index (κ3) is 4.38. The summed E-state index contributed by atoms with van der Waals surface area (Å²) in [5, 5.41) is 0. The third-order valence-electron chi connectivity index (χ3n) is 3.11. The highest BCUT2D eigenvalue weighted by molar-refractivity contribution is 5.96. The lowest BCUT2D eigenvalue weighted by Gasteiger charge is -2.18. The molecule has 1 heterocycles. The van der Waals surface area contributed by atoms with Crippen molar-refractivity contribution in [2.24, 2.45) is 0 Å². The maximum atomic E-state index is 12.4. The third-order valence-corrected chi connectivity index (χ3v) is 3.11. The Morgan fingerprint density at radius 1 is 1.26 bits per heavy atom. The van der Waals surface area contributed by atoms with Crippen molar-refractivity contribution in [3.05, 3.63) is 53.7 Å². The Balaban J connectivity index is 2.06. The van der Waals surface area contributed by atoms with Gasteiger partial charge in [0.25, 0.3) is 5.91 Å². The molecule has 0 aliphatic carbocycles. The topological polar surface area (TPSA) is 51.7 Å². The van der Waals surface area contributed by atoms with E-state index in [9.17, 15) is 13.6 Å². The van der Waals surface area contributed by atoms with E-state index in [1.807, 2.05) is 0 Å². The second kappa shape index (κ2) is 7.53. The molecule has 23 heavy (non-hydrogen) atoms. The highest BCUT2D eigenvalue weighted by atomic mass is 19.3. The summed E-state index contributed by atoms with van der Waals surface area (Å²) in [5.74, 6) is 0.0829. The first-order chi connectivity index (χ1) is 11.0. The van der Waals surface area contributed by atoms with Crippen LogP contribution in [0.15, 0.2) is 42.6 Å². The summed E-state index contributed by atoms with van der Waals surface area (Å²) in [5.41, 5.74) is 1.14. The summed E-state index contributed by atoms with van der Waals surface area (Å²) >= 11 is 0. The minimum absolute atomic E-state index is 0.0756. The molecule has 0 aliphatic heterocycles. The van der Waals surface area contributed by atoms with Gasteiger partial charge in [-0.3, -0.25) is 4.79 Å². The minimum atomic E-state index is -2.86. The number of methoxy groups -OCH3 is 1. The molecular weight excluding hydrogens is 306 g/mol.